The van der Waals surface area contributed by atoms with E-state index >= 15 is 0 Å². The Morgan fingerprint density at radius 3 is 2.46 bits per heavy atom. The molecule has 0 saturated heterocycles. The Morgan fingerprint density at radius 2 is 1.85 bits per heavy atom. The van der Waals surface area contributed by atoms with Crippen LogP contribution in [0.15, 0.2) is 17.1 Å². The molecule has 0 aromatic heterocycles. The highest BCUT2D eigenvalue weighted by molar-refractivity contribution is 5.95. The van der Waals surface area contributed by atoms with Crippen LogP contribution in [0.25, 0.3) is 0 Å². The van der Waals surface area contributed by atoms with Crippen molar-refractivity contribution in [1.29, 1.82) is 0 Å². The largest absolute Gasteiger partial charge is 0.356 e. The third-order valence-corrected chi connectivity index (χ3v) is 4.99. The van der Waals surface area contributed by atoms with Gasteiger partial charge in [0.05, 0.1) is 12.2 Å². The Bertz CT molecular complexity index is 673. The summed E-state index contributed by atoms with van der Waals surface area (Å²) in [5.74, 6) is -4.48. The number of hydrogen-bond acceptors (Lipinski definition) is 2. The number of nitrogens with one attached hydrogen (secondary N) is 3. The second kappa shape index (κ2) is 8.91. The standard InChI is InChI=1S/C18H25F3N4O/c1-3-18(8-4-5-9-18)11-24-17(22-2)23-10-14(26)25-13-7-6-12(19)15(20)16(13)21/h6-7H,3-5,8-11H2,1-2H3,(H,25,26)(H2,22,23,24). The molecule has 0 spiro atoms. The number of nitrogens with zero attached hydrogens (tertiary/aromatic N) is 1. The number of aliphatic imine (C=N–C) groups is 1. The minimum atomic E-state index is -1.62. The summed E-state index contributed by atoms with van der Waals surface area (Å²) in [6.07, 6.45) is 5.87. The fraction of sp³-hybridized carbons (Fsp3) is 0.556. The highest BCUT2D eigenvalue weighted by atomic mass is 19.2. The van der Waals surface area contributed by atoms with Crippen LogP contribution in [0.4, 0.5) is 18.9 Å². The molecule has 0 unspecified atom stereocenters. The number of carbonyl (C=O) groups is 1. The second-order valence-corrected chi connectivity index (χ2v) is 6.61. The van der Waals surface area contributed by atoms with Gasteiger partial charge in [-0.15, -0.1) is 0 Å². The molecule has 1 aliphatic carbocycles. The van der Waals surface area contributed by atoms with E-state index in [0.29, 0.717) is 5.96 Å². The Morgan fingerprint density at radius 1 is 1.15 bits per heavy atom. The molecule has 1 aromatic carbocycles. The fourth-order valence-electron chi connectivity index (χ4n) is 3.25. The Hall–Kier alpha value is -2.25. The van der Waals surface area contributed by atoms with Crippen molar-refractivity contribution in [2.45, 2.75) is 39.0 Å². The number of guanidine groups is 1. The van der Waals surface area contributed by atoms with Crippen molar-refractivity contribution in [2.24, 2.45) is 10.4 Å². The summed E-state index contributed by atoms with van der Waals surface area (Å²) in [5.41, 5.74) is -0.149. The number of benzene rings is 1. The number of halogens is 3. The van der Waals surface area contributed by atoms with Gasteiger partial charge in [0.2, 0.25) is 5.91 Å². The maximum absolute atomic E-state index is 13.6. The summed E-state index contributed by atoms with van der Waals surface area (Å²) in [6, 6.07) is 1.73. The predicted octanol–water partition coefficient (Wildman–Crippen LogP) is 3.18. The lowest BCUT2D eigenvalue weighted by molar-refractivity contribution is -0.115. The van der Waals surface area contributed by atoms with Gasteiger partial charge >= 0.3 is 0 Å². The topological polar surface area (TPSA) is 65.5 Å². The van der Waals surface area contributed by atoms with Gasteiger partial charge < -0.3 is 16.0 Å². The summed E-state index contributed by atoms with van der Waals surface area (Å²) in [5, 5.41) is 8.27. The first-order valence-corrected chi connectivity index (χ1v) is 8.78. The first-order valence-electron chi connectivity index (χ1n) is 8.78. The molecule has 1 aliphatic rings. The molecule has 1 fully saturated rings. The number of anilines is 1. The van der Waals surface area contributed by atoms with E-state index in [0.717, 1.165) is 25.1 Å². The lowest BCUT2D eigenvalue weighted by Crippen LogP contribution is -2.45. The number of amides is 1. The van der Waals surface area contributed by atoms with E-state index in [1.165, 1.54) is 25.7 Å². The zero-order valence-corrected chi connectivity index (χ0v) is 15.1. The van der Waals surface area contributed by atoms with Crippen LogP contribution in [0.1, 0.15) is 39.0 Å². The van der Waals surface area contributed by atoms with E-state index in [9.17, 15) is 18.0 Å². The maximum Gasteiger partial charge on any atom is 0.243 e. The number of hydrogen-bond donors (Lipinski definition) is 3. The zero-order chi connectivity index (χ0) is 19.2. The molecule has 0 atom stereocenters. The third-order valence-electron chi connectivity index (χ3n) is 4.99. The molecule has 26 heavy (non-hydrogen) atoms. The Kier molecular flexibility index (Phi) is 6.88. The summed E-state index contributed by atoms with van der Waals surface area (Å²) in [7, 11) is 1.59. The highest BCUT2D eigenvalue weighted by Crippen LogP contribution is 2.40. The summed E-state index contributed by atoms with van der Waals surface area (Å²) in [6.45, 7) is 2.76. The first kappa shape index (κ1) is 20.1. The molecular weight excluding hydrogens is 345 g/mol. The van der Waals surface area contributed by atoms with Gasteiger partial charge in [-0.1, -0.05) is 19.8 Å². The van der Waals surface area contributed by atoms with Gasteiger partial charge in [0.1, 0.15) is 0 Å². The van der Waals surface area contributed by atoms with Gasteiger partial charge in [-0.25, -0.2) is 13.2 Å². The molecule has 2 rings (SSSR count). The van der Waals surface area contributed by atoms with Gasteiger partial charge in [0.25, 0.3) is 0 Å². The lowest BCUT2D eigenvalue weighted by atomic mass is 9.83. The van der Waals surface area contributed by atoms with Gasteiger partial charge in [0, 0.05) is 13.6 Å². The molecule has 0 aliphatic heterocycles. The smallest absolute Gasteiger partial charge is 0.243 e. The molecule has 0 radical (unpaired) electrons. The quantitative estimate of drug-likeness (QED) is 0.409. The zero-order valence-electron chi connectivity index (χ0n) is 15.1. The molecule has 144 valence electrons. The van der Waals surface area contributed by atoms with Crippen molar-refractivity contribution in [3.63, 3.8) is 0 Å². The van der Waals surface area contributed by atoms with Crippen molar-refractivity contribution >= 4 is 17.6 Å². The molecular formula is C18H25F3N4O. The van der Waals surface area contributed by atoms with Crippen molar-refractivity contribution < 1.29 is 18.0 Å². The fourth-order valence-corrected chi connectivity index (χ4v) is 3.25. The third kappa shape index (κ3) is 4.89. The summed E-state index contributed by atoms with van der Waals surface area (Å²) < 4.78 is 39.7. The number of carbonyl (C=O) groups excluding carboxylic acids is 1. The Labute approximate surface area is 151 Å². The van der Waals surface area contributed by atoms with Crippen molar-refractivity contribution in [2.75, 3.05) is 25.5 Å². The van der Waals surface area contributed by atoms with Gasteiger partial charge in [0.15, 0.2) is 23.4 Å². The molecule has 1 saturated carbocycles. The van der Waals surface area contributed by atoms with E-state index in [1.54, 1.807) is 7.05 Å². The lowest BCUT2D eigenvalue weighted by Gasteiger charge is -2.28. The predicted molar refractivity (Wildman–Crippen MR) is 95.5 cm³/mol. The molecule has 5 nitrogen and oxygen atoms in total. The highest BCUT2D eigenvalue weighted by Gasteiger charge is 2.31. The van der Waals surface area contributed by atoms with E-state index < -0.39 is 29.0 Å². The average molecular weight is 370 g/mol. The van der Waals surface area contributed by atoms with Crippen LogP contribution in [0.5, 0.6) is 0 Å². The van der Waals surface area contributed by atoms with E-state index in [-0.39, 0.29) is 12.0 Å². The van der Waals surface area contributed by atoms with E-state index in [2.05, 4.69) is 27.9 Å². The summed E-state index contributed by atoms with van der Waals surface area (Å²) >= 11 is 0. The molecule has 1 amide bonds. The van der Waals surface area contributed by atoms with E-state index in [4.69, 9.17) is 0 Å². The minimum absolute atomic E-state index is 0.183. The van der Waals surface area contributed by atoms with Gasteiger partial charge in [-0.3, -0.25) is 9.79 Å². The van der Waals surface area contributed by atoms with Crippen LogP contribution in [-0.2, 0) is 4.79 Å². The minimum Gasteiger partial charge on any atom is -0.356 e. The summed E-state index contributed by atoms with van der Waals surface area (Å²) in [4.78, 5) is 16.0. The maximum atomic E-state index is 13.6. The monoisotopic (exact) mass is 370 g/mol. The van der Waals surface area contributed by atoms with Crippen LogP contribution < -0.4 is 16.0 Å². The van der Waals surface area contributed by atoms with Crippen LogP contribution in [-0.4, -0.2) is 32.0 Å². The first-order chi connectivity index (χ1) is 12.4. The molecule has 0 heterocycles. The number of rotatable bonds is 6. The normalized spacial score (nSPS) is 16.4. The van der Waals surface area contributed by atoms with Crippen LogP contribution in [0.3, 0.4) is 0 Å². The average Bonchev–Trinajstić information content (AvgIpc) is 3.12. The van der Waals surface area contributed by atoms with Crippen LogP contribution in [0, 0.1) is 22.9 Å². The Balaban J connectivity index is 1.84. The molecule has 8 heteroatoms. The second-order valence-electron chi connectivity index (χ2n) is 6.61. The SMILES string of the molecule is CCC1(CNC(=NC)NCC(=O)Nc2ccc(F)c(F)c2F)CCCC1. The molecule has 0 bridgehead atoms. The molecule has 1 aromatic rings. The van der Waals surface area contributed by atoms with Crippen molar-refractivity contribution in [3.8, 4) is 0 Å². The van der Waals surface area contributed by atoms with E-state index in [1.807, 2.05) is 0 Å². The van der Waals surface area contributed by atoms with Crippen molar-refractivity contribution in [1.82, 2.24) is 10.6 Å². The van der Waals surface area contributed by atoms with Crippen molar-refractivity contribution in [3.05, 3.63) is 29.6 Å². The van der Waals surface area contributed by atoms with Crippen LogP contribution >= 0.6 is 0 Å². The van der Waals surface area contributed by atoms with Crippen LogP contribution in [0.2, 0.25) is 0 Å². The van der Waals surface area contributed by atoms with Gasteiger partial charge in [-0.2, -0.15) is 0 Å². The van der Waals surface area contributed by atoms with Gasteiger partial charge in [-0.05, 0) is 36.8 Å². The molecule has 3 N–H and O–H groups in total.